The summed E-state index contributed by atoms with van der Waals surface area (Å²) in [6.07, 6.45) is 9.29. The van der Waals surface area contributed by atoms with Crippen LogP contribution in [-0.2, 0) is 17.8 Å². The quantitative estimate of drug-likeness (QED) is 0.254. The number of hydrogen-bond donors (Lipinski definition) is 0. The molecule has 1 aromatic heterocycles. The number of allylic oxidation sites excluding steroid dienone is 6. The molecule has 0 fully saturated rings. The lowest BCUT2D eigenvalue weighted by molar-refractivity contribution is 0.111. The number of carbonyl (C=O) groups is 1. The van der Waals surface area contributed by atoms with Crippen LogP contribution >= 0.6 is 11.6 Å². The number of carbonyl (C=O) groups excluding carboxylic acids is 1. The molecule has 2 aromatic rings. The fourth-order valence-electron chi connectivity index (χ4n) is 2.94. The van der Waals surface area contributed by atoms with Crippen molar-refractivity contribution < 1.29 is 13.9 Å². The molecule has 30 heavy (non-hydrogen) atoms. The second kappa shape index (κ2) is 11.4. The molecule has 0 saturated carbocycles. The van der Waals surface area contributed by atoms with Crippen molar-refractivity contribution in [3.8, 4) is 5.69 Å². The average Bonchev–Trinajstić information content (AvgIpc) is 3.08. The van der Waals surface area contributed by atoms with Crippen LogP contribution in [0.25, 0.3) is 5.69 Å². The van der Waals surface area contributed by atoms with Crippen molar-refractivity contribution in [2.24, 2.45) is 0 Å². The van der Waals surface area contributed by atoms with Crippen LogP contribution in [0.3, 0.4) is 0 Å². The summed E-state index contributed by atoms with van der Waals surface area (Å²) in [7, 11) is 0. The molecule has 1 aromatic carbocycles. The minimum absolute atomic E-state index is 0.254. The van der Waals surface area contributed by atoms with E-state index in [1.165, 1.54) is 12.2 Å². The first kappa shape index (κ1) is 23.5. The van der Waals surface area contributed by atoms with Crippen molar-refractivity contribution in [2.75, 3.05) is 6.61 Å². The first-order valence-corrected chi connectivity index (χ1v) is 10.0. The van der Waals surface area contributed by atoms with E-state index >= 15 is 0 Å². The summed E-state index contributed by atoms with van der Waals surface area (Å²) in [5, 5.41) is 5.13. The molecule has 0 aliphatic carbocycles. The van der Waals surface area contributed by atoms with E-state index in [1.54, 1.807) is 35.9 Å². The molecule has 4 nitrogen and oxygen atoms in total. The van der Waals surface area contributed by atoms with Gasteiger partial charge in [-0.15, -0.1) is 0 Å². The maximum atomic E-state index is 13.1. The van der Waals surface area contributed by atoms with Crippen LogP contribution in [0.15, 0.2) is 66.6 Å². The van der Waals surface area contributed by atoms with Gasteiger partial charge >= 0.3 is 0 Å². The molecule has 0 amide bonds. The van der Waals surface area contributed by atoms with Gasteiger partial charge in [0.05, 0.1) is 24.6 Å². The predicted octanol–water partition coefficient (Wildman–Crippen LogP) is 6.27. The lowest BCUT2D eigenvalue weighted by atomic mass is 10.1. The fourth-order valence-corrected chi connectivity index (χ4v) is 3.17. The molecule has 0 unspecified atom stereocenters. The standard InChI is InChI=1S/C24H26ClFN2O2/c1-5-20(26)11-9-17(3)8-7-13-30-16-21-22(15-29)27-28(23(21)6-2)24-12-10-19(25)14-18(24)4/h5,7-12,14-15H,3,6,13,16H2,1-2,4H3/b8-7-,11-9-,20-5+. The highest BCUT2D eigenvalue weighted by Crippen LogP contribution is 2.24. The number of aryl methyl sites for hydroxylation is 1. The maximum absolute atomic E-state index is 13.1. The Morgan fingerprint density at radius 2 is 2.10 bits per heavy atom. The van der Waals surface area contributed by atoms with Crippen LogP contribution in [0.5, 0.6) is 0 Å². The van der Waals surface area contributed by atoms with Gasteiger partial charge < -0.3 is 4.74 Å². The van der Waals surface area contributed by atoms with Gasteiger partial charge in [0, 0.05) is 10.6 Å². The number of ether oxygens (including phenoxy) is 1. The van der Waals surface area contributed by atoms with Gasteiger partial charge in [-0.3, -0.25) is 4.79 Å². The van der Waals surface area contributed by atoms with Crippen molar-refractivity contribution in [3.05, 3.63) is 94.1 Å². The summed E-state index contributed by atoms with van der Waals surface area (Å²) in [6, 6.07) is 5.56. The molecule has 6 heteroatoms. The number of aromatic nitrogens is 2. The molecule has 158 valence electrons. The molecular weight excluding hydrogens is 403 g/mol. The van der Waals surface area contributed by atoms with Crippen LogP contribution in [0.1, 0.15) is 41.2 Å². The zero-order valence-electron chi connectivity index (χ0n) is 17.5. The number of nitrogens with zero attached hydrogens (tertiary/aromatic N) is 2. The summed E-state index contributed by atoms with van der Waals surface area (Å²) in [6.45, 7) is 10.00. The van der Waals surface area contributed by atoms with Crippen LogP contribution in [-0.4, -0.2) is 22.7 Å². The van der Waals surface area contributed by atoms with Crippen LogP contribution in [0, 0.1) is 6.92 Å². The molecule has 1 heterocycles. The third kappa shape index (κ3) is 6.12. The largest absolute Gasteiger partial charge is 0.373 e. The maximum Gasteiger partial charge on any atom is 0.170 e. The van der Waals surface area contributed by atoms with Crippen molar-refractivity contribution in [1.29, 1.82) is 0 Å². The van der Waals surface area contributed by atoms with Crippen molar-refractivity contribution in [3.63, 3.8) is 0 Å². The smallest absolute Gasteiger partial charge is 0.170 e. The first-order valence-electron chi connectivity index (χ1n) is 9.66. The lowest BCUT2D eigenvalue weighted by Crippen LogP contribution is -2.05. The van der Waals surface area contributed by atoms with Gasteiger partial charge in [-0.05, 0) is 55.7 Å². The Balaban J connectivity index is 2.12. The molecule has 0 N–H and O–H groups in total. The Morgan fingerprint density at radius 1 is 1.33 bits per heavy atom. The summed E-state index contributed by atoms with van der Waals surface area (Å²) in [4.78, 5) is 11.6. The van der Waals surface area contributed by atoms with E-state index in [9.17, 15) is 9.18 Å². The van der Waals surface area contributed by atoms with Gasteiger partial charge in [0.15, 0.2) is 6.29 Å². The molecule has 0 atom stereocenters. The number of hydrogen-bond acceptors (Lipinski definition) is 3. The molecule has 0 aliphatic heterocycles. The topological polar surface area (TPSA) is 44.1 Å². The van der Waals surface area contributed by atoms with Gasteiger partial charge in [-0.2, -0.15) is 5.10 Å². The summed E-state index contributed by atoms with van der Waals surface area (Å²) >= 11 is 6.06. The highest BCUT2D eigenvalue weighted by molar-refractivity contribution is 6.30. The lowest BCUT2D eigenvalue weighted by Gasteiger charge is -2.11. The number of halogens is 2. The van der Waals surface area contributed by atoms with E-state index < -0.39 is 0 Å². The van der Waals surface area contributed by atoms with Crippen molar-refractivity contribution in [1.82, 2.24) is 9.78 Å². The van der Waals surface area contributed by atoms with E-state index in [-0.39, 0.29) is 12.4 Å². The second-order valence-electron chi connectivity index (χ2n) is 6.62. The Labute approximate surface area is 182 Å². The fraction of sp³-hybridized carbons (Fsp3) is 0.250. The zero-order valence-corrected chi connectivity index (χ0v) is 18.2. The van der Waals surface area contributed by atoms with Crippen LogP contribution < -0.4 is 0 Å². The van der Waals surface area contributed by atoms with Crippen LogP contribution in [0.2, 0.25) is 5.02 Å². The molecular formula is C24H26ClFN2O2. The van der Waals surface area contributed by atoms with Gasteiger partial charge in [-0.25, -0.2) is 9.07 Å². The van der Waals surface area contributed by atoms with Crippen molar-refractivity contribution in [2.45, 2.75) is 33.8 Å². The summed E-state index contributed by atoms with van der Waals surface area (Å²) < 4.78 is 20.6. The second-order valence-corrected chi connectivity index (χ2v) is 7.06. The highest BCUT2D eigenvalue weighted by Gasteiger charge is 2.18. The van der Waals surface area contributed by atoms with E-state index in [0.29, 0.717) is 29.3 Å². The summed E-state index contributed by atoms with van der Waals surface area (Å²) in [5.41, 5.74) is 4.55. The van der Waals surface area contributed by atoms with Crippen molar-refractivity contribution >= 4 is 17.9 Å². The Hall–Kier alpha value is -2.76. The van der Waals surface area contributed by atoms with E-state index in [1.807, 2.05) is 26.0 Å². The third-order valence-electron chi connectivity index (χ3n) is 4.48. The Kier molecular flexibility index (Phi) is 8.96. The first-order chi connectivity index (χ1) is 14.4. The van der Waals surface area contributed by atoms with E-state index in [2.05, 4.69) is 11.7 Å². The van der Waals surface area contributed by atoms with Gasteiger partial charge in [0.2, 0.25) is 0 Å². The Bertz CT molecular complexity index is 1000. The molecule has 0 bridgehead atoms. The predicted molar refractivity (Wildman–Crippen MR) is 120 cm³/mol. The monoisotopic (exact) mass is 428 g/mol. The molecule has 2 rings (SSSR count). The minimum atomic E-state index is -0.317. The van der Waals surface area contributed by atoms with E-state index in [0.717, 1.165) is 28.8 Å². The number of aldehydes is 1. The molecule has 0 spiro atoms. The summed E-state index contributed by atoms with van der Waals surface area (Å²) in [5.74, 6) is -0.317. The SMILES string of the molecule is C=C(/C=C\COCc1c(C=O)nn(-c2ccc(Cl)cc2C)c1CC)/C=C\C(F)=C/C. The van der Waals surface area contributed by atoms with Gasteiger partial charge in [0.25, 0.3) is 0 Å². The molecule has 0 saturated heterocycles. The normalized spacial score (nSPS) is 12.2. The number of benzene rings is 1. The minimum Gasteiger partial charge on any atom is -0.373 e. The third-order valence-corrected chi connectivity index (χ3v) is 4.71. The zero-order chi connectivity index (χ0) is 22.1. The molecule has 0 radical (unpaired) electrons. The van der Waals surface area contributed by atoms with Crippen LogP contribution in [0.4, 0.5) is 4.39 Å². The van der Waals surface area contributed by atoms with E-state index in [4.69, 9.17) is 16.3 Å². The number of rotatable bonds is 10. The molecule has 0 aliphatic rings. The van der Waals surface area contributed by atoms with Gasteiger partial charge in [0.1, 0.15) is 11.5 Å². The Morgan fingerprint density at radius 3 is 2.73 bits per heavy atom. The van der Waals surface area contributed by atoms with Gasteiger partial charge in [-0.1, -0.05) is 49.4 Å². The average molecular weight is 429 g/mol. The highest BCUT2D eigenvalue weighted by atomic mass is 35.5.